The zero-order valence-electron chi connectivity index (χ0n) is 12.8. The van der Waals surface area contributed by atoms with Crippen LogP contribution in [0.3, 0.4) is 0 Å². The van der Waals surface area contributed by atoms with E-state index < -0.39 is 17.8 Å². The average Bonchev–Trinajstić information content (AvgIpc) is 2.46. The van der Waals surface area contributed by atoms with Crippen molar-refractivity contribution in [3.8, 4) is 11.5 Å². The number of thiocarbonyl (C=S) groups is 1. The van der Waals surface area contributed by atoms with Crippen LogP contribution in [0.15, 0.2) is 17.7 Å². The number of rotatable bonds is 4. The first-order valence-electron chi connectivity index (χ1n) is 6.85. The number of halogens is 1. The van der Waals surface area contributed by atoms with E-state index in [1.807, 2.05) is 22.6 Å². The van der Waals surface area contributed by atoms with Gasteiger partial charge in [-0.05, 0) is 65.5 Å². The van der Waals surface area contributed by atoms with E-state index in [1.165, 1.54) is 13.0 Å². The molecule has 126 valence electrons. The summed E-state index contributed by atoms with van der Waals surface area (Å²) in [6.45, 7) is 3.44. The Labute approximate surface area is 156 Å². The maximum atomic E-state index is 11.9. The summed E-state index contributed by atoms with van der Waals surface area (Å²) in [6, 6.07) is 3.26. The van der Waals surface area contributed by atoms with Gasteiger partial charge in [-0.25, -0.2) is 0 Å². The van der Waals surface area contributed by atoms with Crippen molar-refractivity contribution in [3.63, 3.8) is 0 Å². The van der Waals surface area contributed by atoms with Gasteiger partial charge in [0.25, 0.3) is 11.8 Å². The van der Waals surface area contributed by atoms with Gasteiger partial charge in [0.1, 0.15) is 5.57 Å². The van der Waals surface area contributed by atoms with Crippen LogP contribution in [0.5, 0.6) is 11.5 Å². The predicted molar refractivity (Wildman–Crippen MR) is 98.5 cm³/mol. The van der Waals surface area contributed by atoms with Gasteiger partial charge in [-0.15, -0.1) is 0 Å². The summed E-state index contributed by atoms with van der Waals surface area (Å²) < 4.78 is 11.3. The smallest absolute Gasteiger partial charge is 0.308 e. The second-order valence-corrected chi connectivity index (χ2v) is 6.22. The highest BCUT2D eigenvalue weighted by molar-refractivity contribution is 14.1. The lowest BCUT2D eigenvalue weighted by molar-refractivity contribution is -0.132. The highest BCUT2D eigenvalue weighted by Gasteiger charge is 2.26. The van der Waals surface area contributed by atoms with Crippen LogP contribution in [-0.4, -0.2) is 29.5 Å². The molecule has 0 aliphatic carbocycles. The zero-order valence-corrected chi connectivity index (χ0v) is 15.7. The molecule has 0 unspecified atom stereocenters. The minimum Gasteiger partial charge on any atom is -0.490 e. The van der Waals surface area contributed by atoms with Gasteiger partial charge in [0.15, 0.2) is 16.6 Å². The molecule has 2 N–H and O–H groups in total. The van der Waals surface area contributed by atoms with E-state index in [-0.39, 0.29) is 10.7 Å². The van der Waals surface area contributed by atoms with Crippen LogP contribution in [-0.2, 0) is 14.4 Å². The molecule has 1 fully saturated rings. The third kappa shape index (κ3) is 4.29. The second-order valence-electron chi connectivity index (χ2n) is 4.65. The van der Waals surface area contributed by atoms with Crippen LogP contribution in [0.2, 0.25) is 0 Å². The molecule has 0 saturated carbocycles. The van der Waals surface area contributed by atoms with E-state index in [9.17, 15) is 14.4 Å². The lowest BCUT2D eigenvalue weighted by atomic mass is 10.1. The molecule has 0 atom stereocenters. The number of hydrogen-bond acceptors (Lipinski definition) is 6. The largest absolute Gasteiger partial charge is 0.490 e. The molecular formula is C15H13IN2O5S. The van der Waals surface area contributed by atoms with Gasteiger partial charge in [0.2, 0.25) is 0 Å². The molecule has 24 heavy (non-hydrogen) atoms. The van der Waals surface area contributed by atoms with Crippen molar-refractivity contribution in [1.29, 1.82) is 0 Å². The molecule has 1 saturated heterocycles. The van der Waals surface area contributed by atoms with E-state index in [2.05, 4.69) is 10.6 Å². The Morgan fingerprint density at radius 1 is 1.29 bits per heavy atom. The van der Waals surface area contributed by atoms with Crippen molar-refractivity contribution in [2.75, 3.05) is 6.61 Å². The van der Waals surface area contributed by atoms with Crippen LogP contribution in [0, 0.1) is 3.57 Å². The molecule has 0 aromatic heterocycles. The SMILES string of the molecule is CCOc1cc(C=C2C(=O)NC(=S)NC2=O)cc(I)c1OC(C)=O. The van der Waals surface area contributed by atoms with Crippen LogP contribution in [0.1, 0.15) is 19.4 Å². The number of hydrogen-bond donors (Lipinski definition) is 2. The molecule has 0 radical (unpaired) electrons. The maximum Gasteiger partial charge on any atom is 0.308 e. The van der Waals surface area contributed by atoms with Crippen molar-refractivity contribution in [1.82, 2.24) is 10.6 Å². The first-order chi connectivity index (χ1) is 11.3. The second kappa shape index (κ2) is 7.71. The Balaban J connectivity index is 2.46. The summed E-state index contributed by atoms with van der Waals surface area (Å²) in [6.07, 6.45) is 1.41. The van der Waals surface area contributed by atoms with Crippen LogP contribution < -0.4 is 20.1 Å². The van der Waals surface area contributed by atoms with E-state index in [0.717, 1.165) is 0 Å². The zero-order chi connectivity index (χ0) is 17.9. The van der Waals surface area contributed by atoms with Crippen LogP contribution in [0.25, 0.3) is 6.08 Å². The van der Waals surface area contributed by atoms with Crippen LogP contribution in [0.4, 0.5) is 0 Å². The standard InChI is InChI=1S/C15H13IN2O5S/c1-3-22-11-6-8(5-10(16)12(11)23-7(2)19)4-9-13(20)17-15(24)18-14(9)21/h4-6H,3H2,1-2H3,(H2,17,18,20,21,24). The number of ether oxygens (including phenoxy) is 2. The lowest BCUT2D eigenvalue weighted by Gasteiger charge is -2.17. The number of nitrogens with one attached hydrogen (secondary N) is 2. The summed E-state index contributed by atoms with van der Waals surface area (Å²) in [5.41, 5.74) is 0.467. The van der Waals surface area contributed by atoms with E-state index >= 15 is 0 Å². The Hall–Kier alpha value is -2.01. The maximum absolute atomic E-state index is 11.9. The summed E-state index contributed by atoms with van der Waals surface area (Å²) >= 11 is 6.73. The minimum absolute atomic E-state index is 0.0306. The molecule has 1 aromatic rings. The number of esters is 1. The molecule has 2 rings (SSSR count). The topological polar surface area (TPSA) is 93.7 Å². The normalized spacial score (nSPS) is 14.0. The Morgan fingerprint density at radius 3 is 2.46 bits per heavy atom. The minimum atomic E-state index is -0.583. The first kappa shape index (κ1) is 18.3. The van der Waals surface area contributed by atoms with Crippen LogP contribution >= 0.6 is 34.8 Å². The van der Waals surface area contributed by atoms with Crippen molar-refractivity contribution in [3.05, 3.63) is 26.8 Å². The molecule has 1 aliphatic heterocycles. The summed E-state index contributed by atoms with van der Waals surface area (Å²) in [4.78, 5) is 35.0. The molecule has 1 aliphatic rings. The predicted octanol–water partition coefficient (Wildman–Crippen LogP) is 1.53. The molecule has 0 spiro atoms. The number of benzene rings is 1. The quantitative estimate of drug-likeness (QED) is 0.177. The number of amides is 2. The average molecular weight is 460 g/mol. The van der Waals surface area contributed by atoms with Crippen molar-refractivity contribution >= 4 is 63.8 Å². The summed E-state index contributed by atoms with van der Waals surface area (Å²) in [5.74, 6) is -0.995. The molecular weight excluding hydrogens is 447 g/mol. The Kier molecular flexibility index (Phi) is 5.89. The molecule has 2 amide bonds. The summed E-state index contributed by atoms with van der Waals surface area (Å²) in [5, 5.41) is 4.69. The Bertz CT molecular complexity index is 753. The van der Waals surface area contributed by atoms with Crippen molar-refractivity contribution in [2.24, 2.45) is 0 Å². The van der Waals surface area contributed by atoms with Gasteiger partial charge < -0.3 is 9.47 Å². The summed E-state index contributed by atoms with van der Waals surface area (Å²) in [7, 11) is 0. The van der Waals surface area contributed by atoms with Gasteiger partial charge in [-0.1, -0.05) is 0 Å². The molecule has 0 bridgehead atoms. The first-order valence-corrected chi connectivity index (χ1v) is 8.33. The fraction of sp³-hybridized carbons (Fsp3) is 0.200. The van der Waals surface area contributed by atoms with Gasteiger partial charge in [-0.3, -0.25) is 25.0 Å². The molecule has 1 aromatic carbocycles. The van der Waals surface area contributed by atoms with Gasteiger partial charge in [0.05, 0.1) is 10.2 Å². The monoisotopic (exact) mass is 460 g/mol. The lowest BCUT2D eigenvalue weighted by Crippen LogP contribution is -2.51. The fourth-order valence-corrected chi connectivity index (χ4v) is 2.87. The third-order valence-electron chi connectivity index (χ3n) is 2.83. The fourth-order valence-electron chi connectivity index (χ4n) is 1.95. The van der Waals surface area contributed by atoms with E-state index in [4.69, 9.17) is 21.7 Å². The number of carbonyl (C=O) groups is 3. The number of carbonyl (C=O) groups excluding carboxylic acids is 3. The van der Waals surface area contributed by atoms with Crippen molar-refractivity contribution in [2.45, 2.75) is 13.8 Å². The Morgan fingerprint density at radius 2 is 1.92 bits per heavy atom. The highest BCUT2D eigenvalue weighted by atomic mass is 127. The van der Waals surface area contributed by atoms with E-state index in [1.54, 1.807) is 19.1 Å². The highest BCUT2D eigenvalue weighted by Crippen LogP contribution is 2.35. The molecule has 9 heteroatoms. The molecule has 1 heterocycles. The van der Waals surface area contributed by atoms with Gasteiger partial charge >= 0.3 is 5.97 Å². The van der Waals surface area contributed by atoms with Crippen molar-refractivity contribution < 1.29 is 23.9 Å². The van der Waals surface area contributed by atoms with E-state index in [0.29, 0.717) is 27.2 Å². The van der Waals surface area contributed by atoms with Gasteiger partial charge in [-0.2, -0.15) is 0 Å². The van der Waals surface area contributed by atoms with Gasteiger partial charge in [0, 0.05) is 6.92 Å². The third-order valence-corrected chi connectivity index (χ3v) is 3.84. The molecule has 7 nitrogen and oxygen atoms in total.